The van der Waals surface area contributed by atoms with E-state index >= 15 is 0 Å². The highest BCUT2D eigenvalue weighted by Crippen LogP contribution is 2.30. The van der Waals surface area contributed by atoms with E-state index in [1.54, 1.807) is 13.0 Å². The average molecular weight is 280 g/mol. The van der Waals surface area contributed by atoms with Crippen molar-refractivity contribution >= 4 is 11.9 Å². The number of aryl methyl sites for hydroxylation is 1. The van der Waals surface area contributed by atoms with Crippen molar-refractivity contribution in [3.05, 3.63) is 17.5 Å². The minimum Gasteiger partial charge on any atom is -0.480 e. The molecule has 1 fully saturated rings. The van der Waals surface area contributed by atoms with Crippen molar-refractivity contribution in [1.29, 1.82) is 0 Å². The molecule has 0 bridgehead atoms. The first-order valence-electron chi connectivity index (χ1n) is 6.88. The summed E-state index contributed by atoms with van der Waals surface area (Å²) in [5.74, 6) is -1.06. The van der Waals surface area contributed by atoms with Gasteiger partial charge in [-0.15, -0.1) is 0 Å². The Morgan fingerprint density at radius 2 is 2.20 bits per heavy atom. The van der Waals surface area contributed by atoms with Crippen LogP contribution in [-0.4, -0.2) is 39.6 Å². The van der Waals surface area contributed by atoms with Crippen LogP contribution in [0.25, 0.3) is 0 Å². The van der Waals surface area contributed by atoms with E-state index in [1.807, 2.05) is 13.8 Å². The molecule has 1 amide bonds. The molecule has 0 spiro atoms. The van der Waals surface area contributed by atoms with Crippen LogP contribution in [0, 0.1) is 12.8 Å². The number of carboxylic acids is 1. The molecule has 2 heterocycles. The lowest BCUT2D eigenvalue weighted by atomic mass is 9.91. The van der Waals surface area contributed by atoms with Gasteiger partial charge in [-0.05, 0) is 25.7 Å². The number of carbonyl (C=O) groups excluding carboxylic acids is 1. The van der Waals surface area contributed by atoms with E-state index in [-0.39, 0.29) is 11.8 Å². The van der Waals surface area contributed by atoms with Crippen LogP contribution < -0.4 is 0 Å². The Labute approximate surface area is 117 Å². The summed E-state index contributed by atoms with van der Waals surface area (Å²) in [6, 6.07) is 1.03. The molecule has 110 valence electrons. The third-order valence-electron chi connectivity index (χ3n) is 3.71. The zero-order valence-electron chi connectivity index (χ0n) is 12.0. The number of amides is 1. The first kappa shape index (κ1) is 14.6. The van der Waals surface area contributed by atoms with Crippen LogP contribution >= 0.6 is 0 Å². The predicted molar refractivity (Wildman–Crippen MR) is 71.2 cm³/mol. The Morgan fingerprint density at radius 1 is 1.50 bits per heavy atom. The number of aliphatic carboxylic acids is 1. The third-order valence-corrected chi connectivity index (χ3v) is 3.71. The van der Waals surface area contributed by atoms with Crippen molar-refractivity contribution in [3.63, 3.8) is 0 Å². The fraction of sp³-hybridized carbons (Fsp3) is 0.643. The molecule has 1 aromatic heterocycles. The fourth-order valence-electron chi connectivity index (χ4n) is 2.73. The molecule has 2 unspecified atom stereocenters. The van der Waals surface area contributed by atoms with E-state index in [0.717, 1.165) is 12.1 Å². The second-order valence-electron chi connectivity index (χ2n) is 5.62. The maximum absolute atomic E-state index is 12.7. The summed E-state index contributed by atoms with van der Waals surface area (Å²) >= 11 is 0. The zero-order chi connectivity index (χ0) is 14.9. The SMILES string of the molecule is Cc1cc(C(C(=O)N2CCCC2C(=O)O)C(C)C)on1. The Balaban J connectivity index is 2.26. The lowest BCUT2D eigenvalue weighted by Crippen LogP contribution is -2.43. The molecule has 0 aromatic carbocycles. The second-order valence-corrected chi connectivity index (χ2v) is 5.62. The predicted octanol–water partition coefficient (Wildman–Crippen LogP) is 1.80. The van der Waals surface area contributed by atoms with Gasteiger partial charge in [-0.1, -0.05) is 19.0 Å². The average Bonchev–Trinajstić information content (AvgIpc) is 2.97. The number of hydrogen-bond donors (Lipinski definition) is 1. The van der Waals surface area contributed by atoms with Crippen molar-refractivity contribution in [1.82, 2.24) is 10.1 Å². The molecule has 1 aliphatic rings. The number of nitrogens with zero attached hydrogens (tertiary/aromatic N) is 2. The minimum atomic E-state index is -0.938. The molecule has 0 saturated carbocycles. The van der Waals surface area contributed by atoms with Crippen LogP contribution in [0.2, 0.25) is 0 Å². The fourth-order valence-corrected chi connectivity index (χ4v) is 2.73. The molecule has 1 aliphatic heterocycles. The van der Waals surface area contributed by atoms with Gasteiger partial charge in [-0.3, -0.25) is 4.79 Å². The van der Waals surface area contributed by atoms with E-state index in [0.29, 0.717) is 18.7 Å². The van der Waals surface area contributed by atoms with Gasteiger partial charge in [0, 0.05) is 12.6 Å². The summed E-state index contributed by atoms with van der Waals surface area (Å²) in [6.07, 6.45) is 1.24. The summed E-state index contributed by atoms with van der Waals surface area (Å²) in [5, 5.41) is 13.0. The van der Waals surface area contributed by atoms with Crippen LogP contribution in [-0.2, 0) is 9.59 Å². The molecule has 20 heavy (non-hydrogen) atoms. The molecule has 6 nitrogen and oxygen atoms in total. The molecule has 1 aromatic rings. The number of likely N-dealkylation sites (tertiary alicyclic amines) is 1. The smallest absolute Gasteiger partial charge is 0.326 e. The van der Waals surface area contributed by atoms with E-state index in [2.05, 4.69) is 5.16 Å². The monoisotopic (exact) mass is 280 g/mol. The quantitative estimate of drug-likeness (QED) is 0.909. The van der Waals surface area contributed by atoms with Crippen LogP contribution in [0.4, 0.5) is 0 Å². The van der Waals surface area contributed by atoms with Crippen molar-refractivity contribution in [2.24, 2.45) is 5.92 Å². The summed E-state index contributed by atoms with van der Waals surface area (Å²) in [5.41, 5.74) is 0.717. The highest BCUT2D eigenvalue weighted by atomic mass is 16.5. The topological polar surface area (TPSA) is 83.6 Å². The number of carboxylic acid groups (broad SMARTS) is 1. The normalized spacial score (nSPS) is 20.4. The van der Waals surface area contributed by atoms with Gasteiger partial charge >= 0.3 is 5.97 Å². The third kappa shape index (κ3) is 2.69. The van der Waals surface area contributed by atoms with Crippen molar-refractivity contribution in [3.8, 4) is 0 Å². The maximum Gasteiger partial charge on any atom is 0.326 e. The summed E-state index contributed by atoms with van der Waals surface area (Å²) in [4.78, 5) is 25.4. The molecule has 2 rings (SSSR count). The van der Waals surface area contributed by atoms with E-state index in [4.69, 9.17) is 4.52 Å². The van der Waals surface area contributed by atoms with Gasteiger partial charge in [0.15, 0.2) is 0 Å². The van der Waals surface area contributed by atoms with E-state index < -0.39 is 17.9 Å². The Hall–Kier alpha value is -1.85. The van der Waals surface area contributed by atoms with Crippen LogP contribution in [0.15, 0.2) is 10.6 Å². The highest BCUT2D eigenvalue weighted by Gasteiger charge is 2.39. The summed E-state index contributed by atoms with van der Waals surface area (Å²) < 4.78 is 5.22. The first-order valence-corrected chi connectivity index (χ1v) is 6.88. The van der Waals surface area contributed by atoms with Gasteiger partial charge in [-0.25, -0.2) is 4.79 Å². The van der Waals surface area contributed by atoms with Gasteiger partial charge in [0.1, 0.15) is 17.7 Å². The molecule has 6 heteroatoms. The van der Waals surface area contributed by atoms with E-state index in [9.17, 15) is 14.7 Å². The van der Waals surface area contributed by atoms with Gasteiger partial charge in [0.05, 0.1) is 5.69 Å². The van der Waals surface area contributed by atoms with Gasteiger partial charge in [0.2, 0.25) is 5.91 Å². The standard InChI is InChI=1S/C14H20N2O4/c1-8(2)12(11-7-9(3)15-20-11)13(17)16-6-4-5-10(16)14(18)19/h7-8,10,12H,4-6H2,1-3H3,(H,18,19). The highest BCUT2D eigenvalue weighted by molar-refractivity contribution is 5.88. The molecular weight excluding hydrogens is 260 g/mol. The Morgan fingerprint density at radius 3 is 2.70 bits per heavy atom. The Kier molecular flexibility index (Phi) is 4.11. The number of hydrogen-bond acceptors (Lipinski definition) is 4. The maximum atomic E-state index is 12.7. The van der Waals surface area contributed by atoms with Crippen LogP contribution in [0.1, 0.15) is 44.1 Å². The number of aromatic nitrogens is 1. The first-order chi connectivity index (χ1) is 9.41. The van der Waals surface area contributed by atoms with Gasteiger partial charge < -0.3 is 14.5 Å². The van der Waals surface area contributed by atoms with Gasteiger partial charge in [0.25, 0.3) is 0 Å². The second kappa shape index (κ2) is 5.64. The number of carbonyl (C=O) groups is 2. The number of rotatable bonds is 4. The zero-order valence-corrected chi connectivity index (χ0v) is 12.0. The van der Waals surface area contributed by atoms with Gasteiger partial charge in [-0.2, -0.15) is 0 Å². The van der Waals surface area contributed by atoms with E-state index in [1.165, 1.54) is 4.90 Å². The van der Waals surface area contributed by atoms with Crippen LogP contribution in [0.5, 0.6) is 0 Å². The van der Waals surface area contributed by atoms with Crippen molar-refractivity contribution < 1.29 is 19.2 Å². The molecule has 1 N–H and O–H groups in total. The lowest BCUT2D eigenvalue weighted by molar-refractivity contribution is -0.149. The Bertz CT molecular complexity index is 509. The molecule has 0 aliphatic carbocycles. The lowest BCUT2D eigenvalue weighted by Gasteiger charge is -2.27. The summed E-state index contributed by atoms with van der Waals surface area (Å²) in [6.45, 7) is 6.13. The van der Waals surface area contributed by atoms with Crippen molar-refractivity contribution in [2.45, 2.75) is 45.6 Å². The molecule has 2 atom stereocenters. The largest absolute Gasteiger partial charge is 0.480 e. The minimum absolute atomic E-state index is 0.0184. The van der Waals surface area contributed by atoms with Crippen molar-refractivity contribution in [2.75, 3.05) is 6.54 Å². The van der Waals surface area contributed by atoms with Crippen LogP contribution in [0.3, 0.4) is 0 Å². The molecule has 0 radical (unpaired) electrons. The molecule has 1 saturated heterocycles. The molecular formula is C14H20N2O4. The summed E-state index contributed by atoms with van der Waals surface area (Å²) in [7, 11) is 0.